The average molecular weight is 415 g/mol. The molecule has 0 saturated carbocycles. The van der Waals surface area contributed by atoms with Crippen molar-refractivity contribution in [3.63, 3.8) is 0 Å². The van der Waals surface area contributed by atoms with Gasteiger partial charge in [-0.15, -0.1) is 0 Å². The lowest BCUT2D eigenvalue weighted by Gasteiger charge is -2.36. The quantitative estimate of drug-likeness (QED) is 0.750. The maximum Gasteiger partial charge on any atom is 0.257 e. The number of Topliss-reactive ketones (excluding diaryl/α,β-unsaturated/α-hetero) is 1. The highest BCUT2D eigenvalue weighted by Crippen LogP contribution is 2.43. The molecule has 9 heteroatoms. The number of hydrogen-bond acceptors (Lipinski definition) is 7. The zero-order valence-electron chi connectivity index (χ0n) is 15.9. The van der Waals surface area contributed by atoms with E-state index < -0.39 is 16.7 Å². The van der Waals surface area contributed by atoms with Crippen LogP contribution in [0.2, 0.25) is 0 Å². The van der Waals surface area contributed by atoms with Crippen LogP contribution >= 0.6 is 11.8 Å². The smallest absolute Gasteiger partial charge is 0.257 e. The minimum atomic E-state index is -2.92. The van der Waals surface area contributed by atoms with Gasteiger partial charge in [0, 0.05) is 25.7 Å². The number of alkyl halides is 2. The van der Waals surface area contributed by atoms with E-state index in [4.69, 9.17) is 11.0 Å². The summed E-state index contributed by atoms with van der Waals surface area (Å²) in [6, 6.07) is 8.36. The van der Waals surface area contributed by atoms with Gasteiger partial charge in [0.25, 0.3) is 5.92 Å². The molecular weight excluding hydrogens is 396 g/mol. The lowest BCUT2D eigenvalue weighted by Crippen LogP contribution is -2.41. The number of hydrogen-bond donors (Lipinski definition) is 1. The van der Waals surface area contributed by atoms with E-state index in [0.717, 1.165) is 18.7 Å². The number of halogens is 2. The van der Waals surface area contributed by atoms with Crippen LogP contribution in [0.1, 0.15) is 47.6 Å². The number of carbonyl (C=O) groups excluding carboxylic acids is 1. The maximum absolute atomic E-state index is 13.9. The van der Waals surface area contributed by atoms with Crippen molar-refractivity contribution in [2.75, 3.05) is 0 Å². The molecule has 2 aromatic heterocycles. The van der Waals surface area contributed by atoms with E-state index in [0.29, 0.717) is 16.8 Å². The van der Waals surface area contributed by atoms with Gasteiger partial charge in [0.1, 0.15) is 17.3 Å². The third kappa shape index (κ3) is 4.77. The summed E-state index contributed by atoms with van der Waals surface area (Å²) in [7, 11) is 0. The first-order chi connectivity index (χ1) is 13.6. The monoisotopic (exact) mass is 415 g/mol. The van der Waals surface area contributed by atoms with Gasteiger partial charge in [-0.25, -0.2) is 13.8 Å². The number of aliphatic imine (C=N–C) groups is 1. The Balaban J connectivity index is 1.84. The third-order valence-electron chi connectivity index (χ3n) is 4.69. The van der Waals surface area contributed by atoms with Gasteiger partial charge in [-0.3, -0.25) is 14.8 Å². The van der Waals surface area contributed by atoms with Crippen molar-refractivity contribution in [1.29, 1.82) is 5.26 Å². The fourth-order valence-electron chi connectivity index (χ4n) is 3.09. The van der Waals surface area contributed by atoms with Crippen LogP contribution < -0.4 is 5.73 Å². The second kappa shape index (κ2) is 7.87. The summed E-state index contributed by atoms with van der Waals surface area (Å²) < 4.78 is 27.8. The summed E-state index contributed by atoms with van der Waals surface area (Å²) in [5.74, 6) is -3.14. The Bertz CT molecular complexity index is 997. The molecule has 0 bridgehead atoms. The molecule has 0 amide bonds. The van der Waals surface area contributed by atoms with Crippen LogP contribution in [0.25, 0.3) is 0 Å². The Labute approximate surface area is 171 Å². The summed E-state index contributed by atoms with van der Waals surface area (Å²) in [6.45, 7) is 2.59. The summed E-state index contributed by atoms with van der Waals surface area (Å²) in [5.41, 5.74) is 6.57. The first kappa shape index (κ1) is 20.9. The van der Waals surface area contributed by atoms with Crippen LogP contribution in [-0.4, -0.2) is 32.1 Å². The summed E-state index contributed by atoms with van der Waals surface area (Å²) in [5, 5.41) is 7.90. The number of thioether (sulfide) groups is 1. The lowest BCUT2D eigenvalue weighted by atomic mass is 9.89. The lowest BCUT2D eigenvalue weighted by molar-refractivity contribution is 0.0120. The fraction of sp³-hybridized carbons (Fsp3) is 0.350. The number of nitrogens with two attached hydrogens (primary N) is 1. The molecule has 150 valence electrons. The SMILES string of the molecule is CC(F)(F)[C@@H]1C[C@@](C)(c2cc(CC(=O)c3ccc(C#N)cn3)ccn2)N=C(N)S1. The molecule has 2 aromatic rings. The molecule has 1 aliphatic rings. The normalized spacial score (nSPS) is 21.9. The van der Waals surface area contributed by atoms with Gasteiger partial charge in [-0.1, -0.05) is 11.8 Å². The van der Waals surface area contributed by atoms with Crippen LogP contribution in [0.5, 0.6) is 0 Å². The second-order valence-corrected chi connectivity index (χ2v) is 8.41. The predicted octanol–water partition coefficient (Wildman–Crippen LogP) is 3.46. The van der Waals surface area contributed by atoms with Gasteiger partial charge >= 0.3 is 0 Å². The number of amidine groups is 1. The number of rotatable bonds is 5. The van der Waals surface area contributed by atoms with E-state index in [-0.39, 0.29) is 29.5 Å². The largest absolute Gasteiger partial charge is 0.379 e. The zero-order valence-corrected chi connectivity index (χ0v) is 16.7. The molecule has 29 heavy (non-hydrogen) atoms. The van der Waals surface area contributed by atoms with Crippen LogP contribution in [0.3, 0.4) is 0 Å². The van der Waals surface area contributed by atoms with E-state index in [2.05, 4.69) is 15.0 Å². The van der Waals surface area contributed by atoms with E-state index in [1.165, 1.54) is 24.5 Å². The van der Waals surface area contributed by atoms with Gasteiger partial charge in [-0.2, -0.15) is 5.26 Å². The van der Waals surface area contributed by atoms with E-state index >= 15 is 0 Å². The Morgan fingerprint density at radius 1 is 1.41 bits per heavy atom. The molecule has 0 aliphatic carbocycles. The highest BCUT2D eigenvalue weighted by atomic mass is 32.2. The number of ketones is 1. The molecule has 0 radical (unpaired) electrons. The van der Waals surface area contributed by atoms with Gasteiger partial charge in [-0.05, 0) is 43.2 Å². The van der Waals surface area contributed by atoms with Gasteiger partial charge < -0.3 is 5.73 Å². The van der Waals surface area contributed by atoms with Crippen LogP contribution in [0.15, 0.2) is 41.7 Å². The Hall–Kier alpha value is -2.86. The van der Waals surface area contributed by atoms with Crippen molar-refractivity contribution in [3.8, 4) is 6.07 Å². The first-order valence-electron chi connectivity index (χ1n) is 8.85. The molecular formula is C20H19F2N5OS. The highest BCUT2D eigenvalue weighted by Gasteiger charge is 2.45. The van der Waals surface area contributed by atoms with E-state index in [1.54, 1.807) is 19.1 Å². The van der Waals surface area contributed by atoms with Crippen molar-refractivity contribution in [2.24, 2.45) is 10.7 Å². The summed E-state index contributed by atoms with van der Waals surface area (Å²) in [6.07, 6.45) is 3.01. The average Bonchev–Trinajstić information content (AvgIpc) is 2.67. The minimum Gasteiger partial charge on any atom is -0.379 e. The molecule has 0 aromatic carbocycles. The molecule has 6 nitrogen and oxygen atoms in total. The zero-order chi connectivity index (χ0) is 21.2. The standard InChI is InChI=1S/C20H19F2N5OS/c1-19(9-17(20(2,21)22)29-18(24)27-19)16-8-12(5-6-25-16)7-15(28)14-4-3-13(10-23)11-26-14/h3-6,8,11,17H,7,9H2,1-2H3,(H2,24,27)/t17-,19-/m0/s1. The summed E-state index contributed by atoms with van der Waals surface area (Å²) >= 11 is 0.870. The van der Waals surface area contributed by atoms with Gasteiger partial charge in [0.05, 0.1) is 16.5 Å². The molecule has 0 saturated heterocycles. The summed E-state index contributed by atoms with van der Waals surface area (Å²) in [4.78, 5) is 25.2. The van der Waals surface area contributed by atoms with Crippen LogP contribution in [0, 0.1) is 11.3 Å². The topological polar surface area (TPSA) is 105 Å². The van der Waals surface area contributed by atoms with Crippen LogP contribution in [0.4, 0.5) is 8.78 Å². The molecule has 2 N–H and O–H groups in total. The van der Waals surface area contributed by atoms with Crippen molar-refractivity contribution < 1.29 is 13.6 Å². The molecule has 3 rings (SSSR count). The van der Waals surface area contributed by atoms with Crippen molar-refractivity contribution in [3.05, 3.63) is 59.2 Å². The Morgan fingerprint density at radius 2 is 2.17 bits per heavy atom. The fourth-order valence-corrected chi connectivity index (χ4v) is 4.25. The number of carbonyl (C=O) groups is 1. The number of pyridine rings is 2. The highest BCUT2D eigenvalue weighted by molar-refractivity contribution is 8.14. The van der Waals surface area contributed by atoms with Gasteiger partial charge in [0.15, 0.2) is 11.0 Å². The molecule has 3 heterocycles. The van der Waals surface area contributed by atoms with E-state index in [1.807, 2.05) is 6.07 Å². The van der Waals surface area contributed by atoms with Crippen molar-refractivity contribution >= 4 is 22.7 Å². The second-order valence-electron chi connectivity index (χ2n) is 7.18. The molecule has 0 unspecified atom stereocenters. The number of nitrogens with zero attached hydrogens (tertiary/aromatic N) is 4. The van der Waals surface area contributed by atoms with E-state index in [9.17, 15) is 13.6 Å². The molecule has 0 spiro atoms. The minimum absolute atomic E-state index is 0.0613. The van der Waals surface area contributed by atoms with Crippen molar-refractivity contribution in [2.45, 2.75) is 43.4 Å². The maximum atomic E-state index is 13.9. The molecule has 1 aliphatic heterocycles. The van der Waals surface area contributed by atoms with Crippen LogP contribution in [-0.2, 0) is 12.0 Å². The third-order valence-corrected chi connectivity index (χ3v) is 5.89. The Kier molecular flexibility index (Phi) is 5.66. The first-order valence-corrected chi connectivity index (χ1v) is 9.73. The van der Waals surface area contributed by atoms with Gasteiger partial charge in [0.2, 0.25) is 0 Å². The molecule has 0 fully saturated rings. The predicted molar refractivity (Wildman–Crippen MR) is 107 cm³/mol. The van der Waals surface area contributed by atoms with Crippen molar-refractivity contribution in [1.82, 2.24) is 9.97 Å². The molecule has 2 atom stereocenters. The Morgan fingerprint density at radius 3 is 2.79 bits per heavy atom. The number of nitriles is 1. The number of aromatic nitrogens is 2.